The first kappa shape index (κ1) is 15.6. The van der Waals surface area contributed by atoms with Crippen molar-refractivity contribution in [1.29, 1.82) is 0 Å². The van der Waals surface area contributed by atoms with Crippen molar-refractivity contribution in [3.8, 4) is 5.75 Å². The molecule has 0 aliphatic heterocycles. The molecule has 0 spiro atoms. The summed E-state index contributed by atoms with van der Waals surface area (Å²) < 4.78 is 18.9. The average molecular weight is 329 g/mol. The third-order valence-corrected chi connectivity index (χ3v) is 3.28. The SMILES string of the molecule is NNC(=O)c1cc(Cl)c(OCc2ccccc2F)c(Cl)c1. The van der Waals surface area contributed by atoms with Crippen LogP contribution in [0.5, 0.6) is 5.75 Å². The molecule has 0 radical (unpaired) electrons. The molecule has 110 valence electrons. The van der Waals surface area contributed by atoms with Crippen LogP contribution in [0, 0.1) is 5.82 Å². The molecule has 0 atom stereocenters. The maximum atomic E-state index is 13.5. The van der Waals surface area contributed by atoms with Gasteiger partial charge in [-0.1, -0.05) is 41.4 Å². The second-order valence-electron chi connectivity index (χ2n) is 4.12. The van der Waals surface area contributed by atoms with Crippen molar-refractivity contribution in [2.45, 2.75) is 6.61 Å². The highest BCUT2D eigenvalue weighted by molar-refractivity contribution is 6.37. The number of nitrogens with two attached hydrogens (primary N) is 1. The van der Waals surface area contributed by atoms with Crippen molar-refractivity contribution >= 4 is 29.1 Å². The van der Waals surface area contributed by atoms with Crippen molar-refractivity contribution in [2.24, 2.45) is 5.84 Å². The van der Waals surface area contributed by atoms with Crippen LogP contribution < -0.4 is 16.0 Å². The highest BCUT2D eigenvalue weighted by Crippen LogP contribution is 2.34. The van der Waals surface area contributed by atoms with Gasteiger partial charge < -0.3 is 4.74 Å². The molecule has 7 heteroatoms. The molecule has 0 heterocycles. The molecule has 0 aliphatic carbocycles. The first-order chi connectivity index (χ1) is 10.0. The maximum absolute atomic E-state index is 13.5. The Kier molecular flexibility index (Phi) is 5.01. The van der Waals surface area contributed by atoms with Gasteiger partial charge >= 0.3 is 0 Å². The van der Waals surface area contributed by atoms with Gasteiger partial charge in [-0.15, -0.1) is 0 Å². The van der Waals surface area contributed by atoms with Gasteiger partial charge in [0.2, 0.25) is 0 Å². The molecule has 0 saturated heterocycles. The summed E-state index contributed by atoms with van der Waals surface area (Å²) >= 11 is 12.0. The van der Waals surface area contributed by atoms with Crippen LogP contribution in [0.2, 0.25) is 10.0 Å². The Morgan fingerprint density at radius 2 is 1.86 bits per heavy atom. The van der Waals surface area contributed by atoms with Gasteiger partial charge in [-0.2, -0.15) is 0 Å². The van der Waals surface area contributed by atoms with Crippen LogP contribution in [0.3, 0.4) is 0 Å². The summed E-state index contributed by atoms with van der Waals surface area (Å²) in [6.45, 7) is -0.0332. The third-order valence-electron chi connectivity index (χ3n) is 2.72. The Labute approximate surface area is 130 Å². The summed E-state index contributed by atoms with van der Waals surface area (Å²) in [5.41, 5.74) is 2.54. The first-order valence-corrected chi connectivity index (χ1v) is 6.64. The fourth-order valence-corrected chi connectivity index (χ4v) is 2.27. The van der Waals surface area contributed by atoms with Gasteiger partial charge in [0.05, 0.1) is 10.0 Å². The number of hydrogen-bond acceptors (Lipinski definition) is 3. The maximum Gasteiger partial charge on any atom is 0.265 e. The molecule has 0 unspecified atom stereocenters. The van der Waals surface area contributed by atoms with E-state index in [-0.39, 0.29) is 33.8 Å². The van der Waals surface area contributed by atoms with E-state index in [9.17, 15) is 9.18 Å². The molecule has 4 nitrogen and oxygen atoms in total. The Morgan fingerprint density at radius 1 is 1.24 bits per heavy atom. The molecule has 2 rings (SSSR count). The van der Waals surface area contributed by atoms with E-state index in [1.54, 1.807) is 18.2 Å². The van der Waals surface area contributed by atoms with Gasteiger partial charge in [-0.3, -0.25) is 10.2 Å². The predicted octanol–water partition coefficient (Wildman–Crippen LogP) is 3.32. The number of ether oxygens (including phenoxy) is 1. The number of benzene rings is 2. The summed E-state index contributed by atoms with van der Waals surface area (Å²) in [6.07, 6.45) is 0. The highest BCUT2D eigenvalue weighted by atomic mass is 35.5. The van der Waals surface area contributed by atoms with Crippen LogP contribution in [0.4, 0.5) is 4.39 Å². The van der Waals surface area contributed by atoms with Crippen molar-refractivity contribution < 1.29 is 13.9 Å². The molecule has 0 fully saturated rings. The minimum atomic E-state index is -0.528. The minimum absolute atomic E-state index is 0.0332. The lowest BCUT2D eigenvalue weighted by molar-refractivity contribution is 0.0953. The van der Waals surface area contributed by atoms with Crippen LogP contribution in [0.25, 0.3) is 0 Å². The summed E-state index contributed by atoms with van der Waals surface area (Å²) in [4.78, 5) is 11.4. The van der Waals surface area contributed by atoms with E-state index in [0.717, 1.165) is 0 Å². The number of hydrogen-bond donors (Lipinski definition) is 2. The Morgan fingerprint density at radius 3 is 2.43 bits per heavy atom. The van der Waals surface area contributed by atoms with Crippen LogP contribution >= 0.6 is 23.2 Å². The fraction of sp³-hybridized carbons (Fsp3) is 0.0714. The number of nitrogens with one attached hydrogen (secondary N) is 1. The third kappa shape index (κ3) is 3.64. The summed E-state index contributed by atoms with van der Waals surface area (Å²) in [5.74, 6) is 4.30. The van der Waals surface area contributed by atoms with Gasteiger partial charge in [0.15, 0.2) is 5.75 Å². The highest BCUT2D eigenvalue weighted by Gasteiger charge is 2.14. The molecule has 0 aliphatic rings. The molecule has 0 saturated carbocycles. The second kappa shape index (κ2) is 6.76. The molecule has 0 aromatic heterocycles. The van der Waals surface area contributed by atoms with Gasteiger partial charge in [-0.05, 0) is 18.2 Å². The lowest BCUT2D eigenvalue weighted by Crippen LogP contribution is -2.29. The molecule has 21 heavy (non-hydrogen) atoms. The van der Waals surface area contributed by atoms with Crippen LogP contribution in [-0.4, -0.2) is 5.91 Å². The minimum Gasteiger partial charge on any atom is -0.486 e. The predicted molar refractivity (Wildman–Crippen MR) is 78.8 cm³/mol. The number of amides is 1. The number of nitrogen functional groups attached to an aromatic ring is 1. The number of halogens is 3. The molecular formula is C14H11Cl2FN2O2. The molecule has 1 amide bonds. The van der Waals surface area contributed by atoms with Crippen molar-refractivity contribution in [3.63, 3.8) is 0 Å². The van der Waals surface area contributed by atoms with Crippen molar-refractivity contribution in [1.82, 2.24) is 5.43 Å². The molecule has 2 aromatic carbocycles. The van der Waals surface area contributed by atoms with Crippen LogP contribution in [0.1, 0.15) is 15.9 Å². The summed E-state index contributed by atoms with van der Waals surface area (Å²) in [5, 5.41) is 0.273. The van der Waals surface area contributed by atoms with E-state index < -0.39 is 5.91 Å². The van der Waals surface area contributed by atoms with Gasteiger partial charge in [0, 0.05) is 11.1 Å². The Bertz CT molecular complexity index is 657. The Hall–Kier alpha value is -1.82. The molecule has 3 N–H and O–H groups in total. The van der Waals surface area contributed by atoms with Gasteiger partial charge in [0.25, 0.3) is 5.91 Å². The molecule has 2 aromatic rings. The summed E-state index contributed by atoms with van der Waals surface area (Å²) in [6, 6.07) is 8.93. The molecule has 0 bridgehead atoms. The normalized spacial score (nSPS) is 10.3. The number of rotatable bonds is 4. The lowest BCUT2D eigenvalue weighted by atomic mass is 10.2. The zero-order valence-electron chi connectivity index (χ0n) is 10.7. The first-order valence-electron chi connectivity index (χ1n) is 5.89. The number of hydrazine groups is 1. The molecular weight excluding hydrogens is 318 g/mol. The van der Waals surface area contributed by atoms with E-state index in [1.165, 1.54) is 18.2 Å². The summed E-state index contributed by atoms with van der Waals surface area (Å²) in [7, 11) is 0. The van der Waals surface area contributed by atoms with Crippen molar-refractivity contribution in [2.75, 3.05) is 0 Å². The zero-order chi connectivity index (χ0) is 15.4. The van der Waals surface area contributed by atoms with E-state index in [0.29, 0.717) is 5.56 Å². The monoisotopic (exact) mass is 328 g/mol. The zero-order valence-corrected chi connectivity index (χ0v) is 12.2. The fourth-order valence-electron chi connectivity index (χ4n) is 1.68. The quantitative estimate of drug-likeness (QED) is 0.514. The topological polar surface area (TPSA) is 64.3 Å². The van der Waals surface area contributed by atoms with E-state index in [2.05, 4.69) is 0 Å². The largest absolute Gasteiger partial charge is 0.486 e. The van der Waals surface area contributed by atoms with Gasteiger partial charge in [-0.25, -0.2) is 10.2 Å². The average Bonchev–Trinajstić information content (AvgIpc) is 2.47. The van der Waals surface area contributed by atoms with Crippen LogP contribution in [-0.2, 0) is 6.61 Å². The van der Waals surface area contributed by atoms with E-state index in [4.69, 9.17) is 33.8 Å². The standard InChI is InChI=1S/C14H11Cl2FN2O2/c15-10-5-9(14(20)19-18)6-11(16)13(10)21-7-8-3-1-2-4-12(8)17/h1-6H,7,18H2,(H,19,20). The van der Waals surface area contributed by atoms with E-state index >= 15 is 0 Å². The number of carbonyl (C=O) groups excluding carboxylic acids is 1. The lowest BCUT2D eigenvalue weighted by Gasteiger charge is -2.12. The second-order valence-corrected chi connectivity index (χ2v) is 4.94. The van der Waals surface area contributed by atoms with Crippen LogP contribution in [0.15, 0.2) is 36.4 Å². The van der Waals surface area contributed by atoms with Gasteiger partial charge in [0.1, 0.15) is 12.4 Å². The van der Waals surface area contributed by atoms with E-state index in [1.807, 2.05) is 5.43 Å². The Balaban J connectivity index is 2.21. The smallest absolute Gasteiger partial charge is 0.265 e. The number of carbonyl (C=O) groups is 1. The van der Waals surface area contributed by atoms with Crippen molar-refractivity contribution in [3.05, 3.63) is 63.4 Å².